The van der Waals surface area contributed by atoms with E-state index in [1.165, 1.54) is 5.56 Å². The molecule has 4 nitrogen and oxygen atoms in total. The van der Waals surface area contributed by atoms with Crippen molar-refractivity contribution in [1.29, 1.82) is 0 Å². The van der Waals surface area contributed by atoms with Crippen LogP contribution >= 0.6 is 11.6 Å². The molecule has 3 rings (SSSR count). The number of aromatic nitrogens is 2. The Labute approximate surface area is 140 Å². The molecule has 0 aliphatic carbocycles. The van der Waals surface area contributed by atoms with Crippen molar-refractivity contribution in [3.05, 3.63) is 76.9 Å². The van der Waals surface area contributed by atoms with Crippen LogP contribution in [0.15, 0.2) is 60.8 Å². The molecule has 0 bridgehead atoms. The Bertz CT molecular complexity index is 790. The first-order chi connectivity index (χ1) is 11.2. The summed E-state index contributed by atoms with van der Waals surface area (Å²) in [6.45, 7) is 2.69. The van der Waals surface area contributed by atoms with Crippen LogP contribution in [0.4, 0.5) is 17.5 Å². The molecule has 2 aromatic carbocycles. The van der Waals surface area contributed by atoms with E-state index in [1.54, 1.807) is 6.20 Å². The van der Waals surface area contributed by atoms with Gasteiger partial charge in [0.15, 0.2) is 5.82 Å². The third kappa shape index (κ3) is 3.99. The molecule has 0 radical (unpaired) electrons. The molecule has 0 saturated carbocycles. The first-order valence-corrected chi connectivity index (χ1v) is 7.73. The van der Waals surface area contributed by atoms with Gasteiger partial charge in [0, 0.05) is 12.2 Å². The predicted octanol–water partition coefficient (Wildman–Crippen LogP) is 4.79. The zero-order chi connectivity index (χ0) is 16.1. The standard InChI is InChI=1S/C18H17ClN4/c1-13-7-5-6-10-16(13)22-17-15(19)12-21-18(23-17)20-11-14-8-3-2-4-9-14/h2-10,12H,11H2,1H3,(H2,20,21,22,23). The third-order valence-electron chi connectivity index (χ3n) is 3.44. The number of benzene rings is 2. The number of hydrogen-bond donors (Lipinski definition) is 2. The Morgan fingerprint density at radius 1 is 1.00 bits per heavy atom. The molecule has 0 aliphatic heterocycles. The van der Waals surface area contributed by atoms with Crippen LogP contribution in [0.2, 0.25) is 5.02 Å². The Kier molecular flexibility index (Phi) is 4.74. The lowest BCUT2D eigenvalue weighted by atomic mass is 10.2. The number of rotatable bonds is 5. The molecule has 0 amide bonds. The number of nitrogens with zero attached hydrogens (tertiary/aromatic N) is 2. The number of aryl methyl sites for hydroxylation is 1. The van der Waals surface area contributed by atoms with Crippen LogP contribution in [-0.2, 0) is 6.54 Å². The molecule has 1 aromatic heterocycles. The van der Waals surface area contributed by atoms with Crippen molar-refractivity contribution in [2.45, 2.75) is 13.5 Å². The molecule has 2 N–H and O–H groups in total. The van der Waals surface area contributed by atoms with Gasteiger partial charge < -0.3 is 10.6 Å². The van der Waals surface area contributed by atoms with E-state index in [1.807, 2.05) is 49.4 Å². The summed E-state index contributed by atoms with van der Waals surface area (Å²) in [5.41, 5.74) is 3.27. The minimum Gasteiger partial charge on any atom is -0.350 e. The van der Waals surface area contributed by atoms with Gasteiger partial charge >= 0.3 is 0 Å². The molecule has 116 valence electrons. The van der Waals surface area contributed by atoms with E-state index >= 15 is 0 Å². The highest BCUT2D eigenvalue weighted by molar-refractivity contribution is 6.32. The lowest BCUT2D eigenvalue weighted by molar-refractivity contribution is 1.06. The van der Waals surface area contributed by atoms with Gasteiger partial charge in [-0.25, -0.2) is 4.98 Å². The highest BCUT2D eigenvalue weighted by Crippen LogP contribution is 2.25. The van der Waals surface area contributed by atoms with Crippen LogP contribution in [0.3, 0.4) is 0 Å². The molecular weight excluding hydrogens is 308 g/mol. The lowest BCUT2D eigenvalue weighted by Crippen LogP contribution is -2.05. The second-order valence-corrected chi connectivity index (χ2v) is 5.58. The SMILES string of the molecule is Cc1ccccc1Nc1nc(NCc2ccccc2)ncc1Cl. The zero-order valence-electron chi connectivity index (χ0n) is 12.8. The molecule has 0 aliphatic rings. The maximum Gasteiger partial charge on any atom is 0.224 e. The summed E-state index contributed by atoms with van der Waals surface area (Å²) in [5.74, 6) is 1.13. The average Bonchev–Trinajstić information content (AvgIpc) is 2.58. The first-order valence-electron chi connectivity index (χ1n) is 7.35. The number of para-hydroxylation sites is 1. The van der Waals surface area contributed by atoms with Crippen molar-refractivity contribution in [3.63, 3.8) is 0 Å². The smallest absolute Gasteiger partial charge is 0.224 e. The maximum absolute atomic E-state index is 6.20. The van der Waals surface area contributed by atoms with Crippen LogP contribution in [0.1, 0.15) is 11.1 Å². The van der Waals surface area contributed by atoms with Crippen molar-refractivity contribution in [2.75, 3.05) is 10.6 Å². The van der Waals surface area contributed by atoms with Crippen LogP contribution in [0.25, 0.3) is 0 Å². The molecule has 0 fully saturated rings. The van der Waals surface area contributed by atoms with E-state index in [2.05, 4.69) is 32.7 Å². The molecule has 0 unspecified atom stereocenters. The van der Waals surface area contributed by atoms with Gasteiger partial charge in [0.1, 0.15) is 5.02 Å². The van der Waals surface area contributed by atoms with Crippen LogP contribution in [0, 0.1) is 6.92 Å². The fourth-order valence-corrected chi connectivity index (χ4v) is 2.30. The van der Waals surface area contributed by atoms with Gasteiger partial charge in [0.25, 0.3) is 0 Å². The van der Waals surface area contributed by atoms with Crippen molar-refractivity contribution in [3.8, 4) is 0 Å². The van der Waals surface area contributed by atoms with Crippen LogP contribution in [0.5, 0.6) is 0 Å². The normalized spacial score (nSPS) is 10.3. The minimum atomic E-state index is 0.485. The van der Waals surface area contributed by atoms with Gasteiger partial charge in [0.2, 0.25) is 5.95 Å². The van der Waals surface area contributed by atoms with Crippen molar-refractivity contribution < 1.29 is 0 Å². The largest absolute Gasteiger partial charge is 0.350 e. The summed E-state index contributed by atoms with van der Waals surface area (Å²) in [4.78, 5) is 8.68. The number of halogens is 1. The molecule has 3 aromatic rings. The monoisotopic (exact) mass is 324 g/mol. The number of nitrogens with one attached hydrogen (secondary N) is 2. The van der Waals surface area contributed by atoms with Crippen LogP contribution in [-0.4, -0.2) is 9.97 Å². The molecule has 0 saturated heterocycles. The third-order valence-corrected chi connectivity index (χ3v) is 3.71. The van der Waals surface area contributed by atoms with E-state index in [9.17, 15) is 0 Å². The minimum absolute atomic E-state index is 0.485. The Morgan fingerprint density at radius 3 is 2.52 bits per heavy atom. The Morgan fingerprint density at radius 2 is 1.74 bits per heavy atom. The molecular formula is C18H17ClN4. The molecule has 23 heavy (non-hydrogen) atoms. The first kappa shape index (κ1) is 15.3. The Balaban J connectivity index is 1.75. The molecule has 0 atom stereocenters. The van der Waals surface area contributed by atoms with Gasteiger partial charge in [-0.2, -0.15) is 4.98 Å². The van der Waals surface area contributed by atoms with Crippen molar-refractivity contribution in [1.82, 2.24) is 9.97 Å². The summed E-state index contributed by atoms with van der Waals surface area (Å²) in [7, 11) is 0. The molecule has 1 heterocycles. The fraction of sp³-hybridized carbons (Fsp3) is 0.111. The second kappa shape index (κ2) is 7.11. The zero-order valence-corrected chi connectivity index (χ0v) is 13.5. The number of hydrogen-bond acceptors (Lipinski definition) is 4. The highest BCUT2D eigenvalue weighted by Gasteiger charge is 2.07. The highest BCUT2D eigenvalue weighted by atomic mass is 35.5. The van der Waals surface area contributed by atoms with E-state index in [0.29, 0.717) is 23.3 Å². The molecule has 5 heteroatoms. The van der Waals surface area contributed by atoms with Gasteiger partial charge in [-0.1, -0.05) is 60.1 Å². The maximum atomic E-state index is 6.20. The lowest BCUT2D eigenvalue weighted by Gasteiger charge is -2.11. The topological polar surface area (TPSA) is 49.8 Å². The van der Waals surface area contributed by atoms with E-state index < -0.39 is 0 Å². The summed E-state index contributed by atoms with van der Waals surface area (Å²) in [6, 6.07) is 18.1. The van der Waals surface area contributed by atoms with E-state index in [0.717, 1.165) is 11.3 Å². The Hall–Kier alpha value is -2.59. The van der Waals surface area contributed by atoms with Gasteiger partial charge in [0.05, 0.1) is 6.20 Å². The van der Waals surface area contributed by atoms with Gasteiger partial charge in [-0.15, -0.1) is 0 Å². The predicted molar refractivity (Wildman–Crippen MR) is 95.3 cm³/mol. The summed E-state index contributed by atoms with van der Waals surface area (Å²) in [5, 5.41) is 6.95. The van der Waals surface area contributed by atoms with Gasteiger partial charge in [-0.05, 0) is 24.1 Å². The molecule has 0 spiro atoms. The van der Waals surface area contributed by atoms with Gasteiger partial charge in [-0.3, -0.25) is 0 Å². The average molecular weight is 325 g/mol. The summed E-state index contributed by atoms with van der Waals surface area (Å²) >= 11 is 6.20. The quantitative estimate of drug-likeness (QED) is 0.708. The van der Waals surface area contributed by atoms with Crippen molar-refractivity contribution >= 4 is 29.1 Å². The van der Waals surface area contributed by atoms with Crippen LogP contribution < -0.4 is 10.6 Å². The fourth-order valence-electron chi connectivity index (χ4n) is 2.16. The second-order valence-electron chi connectivity index (χ2n) is 5.17. The van der Waals surface area contributed by atoms with E-state index in [4.69, 9.17) is 11.6 Å². The van der Waals surface area contributed by atoms with E-state index in [-0.39, 0.29) is 0 Å². The van der Waals surface area contributed by atoms with Crippen molar-refractivity contribution in [2.24, 2.45) is 0 Å². The summed E-state index contributed by atoms with van der Waals surface area (Å²) < 4.78 is 0. The summed E-state index contributed by atoms with van der Waals surface area (Å²) in [6.07, 6.45) is 1.60. The number of anilines is 3.